The minimum Gasteiger partial charge on any atom is -0.464 e. The maximum atomic E-state index is 12.6. The Morgan fingerprint density at radius 1 is 1.24 bits per heavy atom. The van der Waals surface area contributed by atoms with Crippen LogP contribution < -0.4 is 0 Å². The van der Waals surface area contributed by atoms with E-state index < -0.39 is 16.0 Å². The summed E-state index contributed by atoms with van der Waals surface area (Å²) >= 11 is 0. The number of sulfonamides is 1. The number of piperidine rings is 1. The zero-order chi connectivity index (χ0) is 21.0. The van der Waals surface area contributed by atoms with E-state index in [1.807, 2.05) is 10.8 Å². The average molecular weight is 420 g/mol. The lowest BCUT2D eigenvalue weighted by atomic mass is 10.0. The van der Waals surface area contributed by atoms with Gasteiger partial charge in [0.05, 0.1) is 13.7 Å². The molecule has 156 valence electrons. The number of likely N-dealkylation sites (tertiary alicyclic amines) is 1. The van der Waals surface area contributed by atoms with Crippen molar-refractivity contribution in [2.45, 2.75) is 23.8 Å². The molecule has 1 aliphatic heterocycles. The largest absolute Gasteiger partial charge is 0.464 e. The molecule has 29 heavy (non-hydrogen) atoms. The van der Waals surface area contributed by atoms with Crippen LogP contribution in [0.15, 0.2) is 47.8 Å². The van der Waals surface area contributed by atoms with E-state index in [1.54, 1.807) is 17.0 Å². The Labute approximate surface area is 169 Å². The van der Waals surface area contributed by atoms with Crippen molar-refractivity contribution in [3.05, 3.63) is 48.5 Å². The SMILES string of the molecule is COC(=O)c1cccn1C1CCN(C(=O)CN(C)S(=O)(=O)c2cccnc2)CC1. The zero-order valence-corrected chi connectivity index (χ0v) is 17.2. The van der Waals surface area contributed by atoms with Crippen LogP contribution in [-0.4, -0.2) is 72.8 Å². The molecule has 9 nitrogen and oxygen atoms in total. The number of likely N-dealkylation sites (N-methyl/N-ethyl adjacent to an activating group) is 1. The monoisotopic (exact) mass is 420 g/mol. The first-order chi connectivity index (χ1) is 13.8. The van der Waals surface area contributed by atoms with Gasteiger partial charge in [-0.25, -0.2) is 13.2 Å². The van der Waals surface area contributed by atoms with Gasteiger partial charge in [-0.15, -0.1) is 0 Å². The maximum Gasteiger partial charge on any atom is 0.354 e. The molecule has 3 rings (SSSR count). The summed E-state index contributed by atoms with van der Waals surface area (Å²) in [6.45, 7) is 0.741. The molecular weight excluding hydrogens is 396 g/mol. The predicted molar refractivity (Wildman–Crippen MR) is 105 cm³/mol. The molecule has 0 aromatic carbocycles. The number of nitrogens with zero attached hydrogens (tertiary/aromatic N) is 4. The summed E-state index contributed by atoms with van der Waals surface area (Å²) in [6, 6.07) is 6.57. The first kappa shape index (κ1) is 21.0. The van der Waals surface area contributed by atoms with Crippen LogP contribution in [0.3, 0.4) is 0 Å². The number of ether oxygens (including phenoxy) is 1. The Morgan fingerprint density at radius 2 is 1.97 bits per heavy atom. The van der Waals surface area contributed by atoms with Crippen LogP contribution in [0.2, 0.25) is 0 Å². The Balaban J connectivity index is 1.59. The number of aromatic nitrogens is 2. The van der Waals surface area contributed by atoms with Gasteiger partial charge in [0, 0.05) is 44.8 Å². The molecule has 2 aromatic rings. The third kappa shape index (κ3) is 4.48. The van der Waals surface area contributed by atoms with Crippen molar-refractivity contribution in [1.82, 2.24) is 18.8 Å². The predicted octanol–water partition coefficient (Wildman–Crippen LogP) is 1.15. The first-order valence-electron chi connectivity index (χ1n) is 9.24. The van der Waals surface area contributed by atoms with Gasteiger partial charge in [-0.3, -0.25) is 9.78 Å². The second kappa shape index (κ2) is 8.75. The number of carbonyl (C=O) groups is 2. The summed E-state index contributed by atoms with van der Waals surface area (Å²) < 4.78 is 32.8. The summed E-state index contributed by atoms with van der Waals surface area (Å²) in [6.07, 6.45) is 5.93. The van der Waals surface area contributed by atoms with E-state index in [0.717, 1.165) is 4.31 Å². The molecule has 0 radical (unpaired) electrons. The minimum absolute atomic E-state index is 0.0527. The fourth-order valence-electron chi connectivity index (χ4n) is 3.44. The summed E-state index contributed by atoms with van der Waals surface area (Å²) in [4.78, 5) is 30.0. The van der Waals surface area contributed by atoms with Gasteiger partial charge in [0.1, 0.15) is 10.6 Å². The van der Waals surface area contributed by atoms with Crippen LogP contribution in [0.5, 0.6) is 0 Å². The number of hydrogen-bond donors (Lipinski definition) is 0. The van der Waals surface area contributed by atoms with Crippen molar-refractivity contribution in [3.8, 4) is 0 Å². The summed E-state index contributed by atoms with van der Waals surface area (Å²) in [5.41, 5.74) is 0.486. The summed E-state index contributed by atoms with van der Waals surface area (Å²) in [7, 11) is -1.04. The van der Waals surface area contributed by atoms with Crippen LogP contribution in [0.4, 0.5) is 0 Å². The molecule has 1 aliphatic rings. The number of esters is 1. The van der Waals surface area contributed by atoms with Crippen LogP contribution in [0, 0.1) is 0 Å². The van der Waals surface area contributed by atoms with Crippen molar-refractivity contribution >= 4 is 21.9 Å². The van der Waals surface area contributed by atoms with E-state index in [4.69, 9.17) is 4.74 Å². The molecule has 3 heterocycles. The third-order valence-electron chi connectivity index (χ3n) is 5.08. The minimum atomic E-state index is -3.77. The van der Waals surface area contributed by atoms with Crippen molar-refractivity contribution in [2.75, 3.05) is 33.8 Å². The van der Waals surface area contributed by atoms with Gasteiger partial charge in [-0.05, 0) is 37.1 Å². The van der Waals surface area contributed by atoms with Crippen molar-refractivity contribution in [3.63, 3.8) is 0 Å². The Hall–Kier alpha value is -2.72. The highest BCUT2D eigenvalue weighted by atomic mass is 32.2. The van der Waals surface area contributed by atoms with Gasteiger partial charge in [0.25, 0.3) is 0 Å². The number of methoxy groups -OCH3 is 1. The number of carbonyl (C=O) groups excluding carboxylic acids is 2. The quantitative estimate of drug-likeness (QED) is 0.650. The second-order valence-electron chi connectivity index (χ2n) is 6.85. The lowest BCUT2D eigenvalue weighted by Gasteiger charge is -2.34. The maximum absolute atomic E-state index is 12.6. The zero-order valence-electron chi connectivity index (χ0n) is 16.4. The number of pyridine rings is 1. The molecule has 0 N–H and O–H groups in total. The van der Waals surface area contributed by atoms with Crippen LogP contribution in [0.25, 0.3) is 0 Å². The fraction of sp³-hybridized carbons (Fsp3) is 0.421. The fourth-order valence-corrected chi connectivity index (χ4v) is 4.52. The summed E-state index contributed by atoms with van der Waals surface area (Å²) in [5, 5.41) is 0. The van der Waals surface area contributed by atoms with E-state index >= 15 is 0 Å². The number of amides is 1. The number of hydrogen-bond acceptors (Lipinski definition) is 6. The normalized spacial score (nSPS) is 15.5. The van der Waals surface area contributed by atoms with Crippen molar-refractivity contribution in [2.24, 2.45) is 0 Å². The van der Waals surface area contributed by atoms with Gasteiger partial charge < -0.3 is 14.2 Å². The molecule has 0 atom stereocenters. The molecule has 10 heteroatoms. The molecule has 0 aliphatic carbocycles. The molecule has 0 spiro atoms. The highest BCUT2D eigenvalue weighted by molar-refractivity contribution is 7.89. The number of rotatable bonds is 6. The molecule has 0 saturated carbocycles. The van der Waals surface area contributed by atoms with Crippen molar-refractivity contribution in [1.29, 1.82) is 0 Å². The highest BCUT2D eigenvalue weighted by Gasteiger charge is 2.29. The summed E-state index contributed by atoms with van der Waals surface area (Å²) in [5.74, 6) is -0.644. The molecule has 1 saturated heterocycles. The molecule has 1 fully saturated rings. The smallest absolute Gasteiger partial charge is 0.354 e. The van der Waals surface area contributed by atoms with E-state index in [-0.39, 0.29) is 23.4 Å². The van der Waals surface area contributed by atoms with Gasteiger partial charge in [-0.1, -0.05) is 0 Å². The van der Waals surface area contributed by atoms with Gasteiger partial charge in [0.15, 0.2) is 0 Å². The Bertz CT molecular complexity index is 965. The first-order valence-corrected chi connectivity index (χ1v) is 10.7. The highest BCUT2D eigenvalue weighted by Crippen LogP contribution is 2.25. The lowest BCUT2D eigenvalue weighted by molar-refractivity contribution is -0.132. The third-order valence-corrected chi connectivity index (χ3v) is 6.87. The molecule has 2 aromatic heterocycles. The Morgan fingerprint density at radius 3 is 2.59 bits per heavy atom. The Kier molecular flexibility index (Phi) is 6.33. The van der Waals surface area contributed by atoms with Gasteiger partial charge >= 0.3 is 5.97 Å². The van der Waals surface area contributed by atoms with Gasteiger partial charge in [-0.2, -0.15) is 4.31 Å². The standard InChI is InChI=1S/C19H24N4O5S/c1-21(29(26,27)16-5-3-9-20-13-16)14-18(24)22-11-7-15(8-12-22)23-10-4-6-17(23)19(25)28-2/h3-6,9-10,13,15H,7-8,11-12,14H2,1-2H3. The molecule has 1 amide bonds. The van der Waals surface area contributed by atoms with Crippen LogP contribution in [0.1, 0.15) is 29.4 Å². The average Bonchev–Trinajstić information content (AvgIpc) is 3.23. The van der Waals surface area contributed by atoms with E-state index in [1.165, 1.54) is 38.7 Å². The lowest BCUT2D eigenvalue weighted by Crippen LogP contribution is -2.45. The van der Waals surface area contributed by atoms with Crippen LogP contribution in [-0.2, 0) is 19.6 Å². The van der Waals surface area contributed by atoms with Gasteiger partial charge in [0.2, 0.25) is 15.9 Å². The van der Waals surface area contributed by atoms with E-state index in [9.17, 15) is 18.0 Å². The molecular formula is C19H24N4O5S. The van der Waals surface area contributed by atoms with E-state index in [0.29, 0.717) is 31.6 Å². The molecule has 0 bridgehead atoms. The second-order valence-corrected chi connectivity index (χ2v) is 8.90. The molecule has 0 unspecified atom stereocenters. The van der Waals surface area contributed by atoms with Crippen LogP contribution >= 0.6 is 0 Å². The topological polar surface area (TPSA) is 102 Å². The van der Waals surface area contributed by atoms with E-state index in [2.05, 4.69) is 4.98 Å². The van der Waals surface area contributed by atoms with Crippen molar-refractivity contribution < 1.29 is 22.7 Å².